The summed E-state index contributed by atoms with van der Waals surface area (Å²) in [6.07, 6.45) is -3.80. The van der Waals surface area contributed by atoms with Gasteiger partial charge in [-0.25, -0.2) is 4.68 Å². The summed E-state index contributed by atoms with van der Waals surface area (Å²) in [5, 5.41) is 4.22. The van der Waals surface area contributed by atoms with Crippen molar-refractivity contribution in [2.45, 2.75) is 26.4 Å². The molecule has 1 fully saturated rings. The highest BCUT2D eigenvalue weighted by atomic mass is 19.4. The van der Waals surface area contributed by atoms with Crippen LogP contribution in [0.4, 0.5) is 13.2 Å². The summed E-state index contributed by atoms with van der Waals surface area (Å²) in [5.74, 6) is -0.610. The third-order valence-corrected chi connectivity index (χ3v) is 5.39. The second kappa shape index (κ2) is 8.78. The molecule has 4 rings (SSSR count). The lowest BCUT2D eigenvalue weighted by Gasteiger charge is -2.26. The van der Waals surface area contributed by atoms with E-state index in [4.69, 9.17) is 9.47 Å². The Bertz CT molecular complexity index is 1120. The number of aryl methyl sites for hydroxylation is 2. The molecule has 7 nitrogen and oxygen atoms in total. The maximum Gasteiger partial charge on any atom is 0.417 e. The Morgan fingerprint density at radius 2 is 1.88 bits per heavy atom. The molecule has 3 heterocycles. The third-order valence-electron chi connectivity index (χ3n) is 5.39. The van der Waals surface area contributed by atoms with E-state index >= 15 is 0 Å². The first-order chi connectivity index (χ1) is 15.3. The van der Waals surface area contributed by atoms with Gasteiger partial charge in [0.1, 0.15) is 0 Å². The molecule has 0 unspecified atom stereocenters. The van der Waals surface area contributed by atoms with Crippen LogP contribution in [0.5, 0.6) is 5.88 Å². The zero-order valence-corrected chi connectivity index (χ0v) is 17.8. The number of hydrogen-bond acceptors (Lipinski definition) is 5. The van der Waals surface area contributed by atoms with Crippen molar-refractivity contribution in [2.75, 3.05) is 32.9 Å². The number of amides is 1. The van der Waals surface area contributed by atoms with Crippen LogP contribution in [0.1, 0.15) is 23.7 Å². The molecule has 1 amide bonds. The van der Waals surface area contributed by atoms with Gasteiger partial charge in [0.05, 0.1) is 35.5 Å². The predicted molar refractivity (Wildman–Crippen MR) is 111 cm³/mol. The van der Waals surface area contributed by atoms with Crippen molar-refractivity contribution in [3.8, 4) is 11.6 Å². The van der Waals surface area contributed by atoms with Crippen molar-refractivity contribution < 1.29 is 27.4 Å². The molecule has 1 aliphatic heterocycles. The Morgan fingerprint density at radius 1 is 1.19 bits per heavy atom. The van der Waals surface area contributed by atoms with Crippen molar-refractivity contribution in [3.05, 3.63) is 47.2 Å². The van der Waals surface area contributed by atoms with Crippen molar-refractivity contribution >= 4 is 16.9 Å². The normalized spacial score (nSPS) is 14.7. The van der Waals surface area contributed by atoms with Crippen LogP contribution >= 0.6 is 0 Å². The van der Waals surface area contributed by atoms with Crippen LogP contribution in [0.15, 0.2) is 30.3 Å². The summed E-state index contributed by atoms with van der Waals surface area (Å²) in [4.78, 5) is 18.2. The van der Waals surface area contributed by atoms with E-state index in [0.717, 1.165) is 18.1 Å². The number of ether oxygens (including phenoxy) is 2. The quantitative estimate of drug-likeness (QED) is 0.597. The molecule has 10 heteroatoms. The van der Waals surface area contributed by atoms with E-state index in [1.165, 1.54) is 11.6 Å². The number of carbonyl (C=O) groups excluding carboxylic acids is 1. The zero-order chi connectivity index (χ0) is 22.9. The van der Waals surface area contributed by atoms with Crippen molar-refractivity contribution in [3.63, 3.8) is 0 Å². The Morgan fingerprint density at radius 3 is 2.50 bits per heavy atom. The molecule has 170 valence electrons. The average molecular weight is 448 g/mol. The number of fused-ring (bicyclic) bond motifs is 1. The van der Waals surface area contributed by atoms with E-state index in [1.54, 1.807) is 17.0 Å². The molecule has 3 aromatic rings. The van der Waals surface area contributed by atoms with Crippen LogP contribution in [0.25, 0.3) is 16.7 Å². The van der Waals surface area contributed by atoms with Gasteiger partial charge in [-0.2, -0.15) is 23.3 Å². The van der Waals surface area contributed by atoms with Gasteiger partial charge in [-0.15, -0.1) is 0 Å². The van der Waals surface area contributed by atoms with Crippen molar-refractivity contribution in [2.24, 2.45) is 0 Å². The number of rotatable bonds is 5. The van der Waals surface area contributed by atoms with Gasteiger partial charge < -0.3 is 14.4 Å². The Kier molecular flexibility index (Phi) is 6.05. The van der Waals surface area contributed by atoms with Gasteiger partial charge in [-0.05, 0) is 31.0 Å². The summed E-state index contributed by atoms with van der Waals surface area (Å²) in [7, 11) is 0. The lowest BCUT2D eigenvalue weighted by Crippen LogP contribution is -2.43. The SMILES string of the molecule is CCc1ccc(-n2nc(C)c3c(C(F)(F)F)cc(OCC(=O)N4CCOCC4)nc32)cc1. The maximum atomic E-state index is 13.9. The van der Waals surface area contributed by atoms with Gasteiger partial charge in [-0.3, -0.25) is 4.79 Å². The second-order valence-electron chi connectivity index (χ2n) is 7.50. The van der Waals surface area contributed by atoms with E-state index in [-0.39, 0.29) is 28.5 Å². The molecule has 1 saturated heterocycles. The number of nitrogens with zero attached hydrogens (tertiary/aromatic N) is 4. The Hall–Kier alpha value is -3.14. The third kappa shape index (κ3) is 4.40. The molecule has 0 radical (unpaired) electrons. The molecule has 32 heavy (non-hydrogen) atoms. The first-order valence-electron chi connectivity index (χ1n) is 10.3. The number of pyridine rings is 1. The van der Waals surface area contributed by atoms with Gasteiger partial charge in [0.25, 0.3) is 5.91 Å². The molecule has 0 saturated carbocycles. The van der Waals surface area contributed by atoms with Gasteiger partial charge in [0.2, 0.25) is 5.88 Å². The number of morpholine rings is 1. The number of aromatic nitrogens is 3. The number of halogens is 3. The summed E-state index contributed by atoms with van der Waals surface area (Å²) in [6.45, 7) is 4.80. The highest BCUT2D eigenvalue weighted by molar-refractivity contribution is 5.85. The smallest absolute Gasteiger partial charge is 0.417 e. The van der Waals surface area contributed by atoms with Crippen LogP contribution < -0.4 is 4.74 Å². The molecule has 1 aliphatic rings. The van der Waals surface area contributed by atoms with Crippen molar-refractivity contribution in [1.29, 1.82) is 0 Å². The molecule has 2 aromatic heterocycles. The number of alkyl halides is 3. The summed E-state index contributed by atoms with van der Waals surface area (Å²) in [6, 6.07) is 8.19. The average Bonchev–Trinajstić information content (AvgIpc) is 3.13. The molecule has 0 aliphatic carbocycles. The van der Waals surface area contributed by atoms with Gasteiger partial charge >= 0.3 is 6.18 Å². The van der Waals surface area contributed by atoms with E-state index < -0.39 is 18.3 Å². The van der Waals surface area contributed by atoms with Crippen LogP contribution in [0, 0.1) is 6.92 Å². The minimum absolute atomic E-state index is 0.0235. The first kappa shape index (κ1) is 22.1. The number of hydrogen-bond donors (Lipinski definition) is 0. The molecular weight excluding hydrogens is 425 g/mol. The van der Waals surface area contributed by atoms with E-state index in [1.807, 2.05) is 19.1 Å². The fourth-order valence-electron chi connectivity index (χ4n) is 3.66. The fraction of sp³-hybridized carbons (Fsp3) is 0.409. The largest absolute Gasteiger partial charge is 0.467 e. The second-order valence-corrected chi connectivity index (χ2v) is 7.50. The molecule has 0 bridgehead atoms. The van der Waals surface area contributed by atoms with Crippen LogP contribution in [-0.2, 0) is 22.1 Å². The minimum atomic E-state index is -4.64. The van der Waals surface area contributed by atoms with Gasteiger partial charge in [0, 0.05) is 19.2 Å². The topological polar surface area (TPSA) is 69.5 Å². The molecule has 0 spiro atoms. The summed E-state index contributed by atoms with van der Waals surface area (Å²) >= 11 is 0. The summed E-state index contributed by atoms with van der Waals surface area (Å²) < 4.78 is 53.6. The number of carbonyl (C=O) groups is 1. The Labute approximate surface area is 182 Å². The lowest BCUT2D eigenvalue weighted by molar-refractivity contribution is -0.137. The van der Waals surface area contributed by atoms with Gasteiger partial charge in [0.15, 0.2) is 12.3 Å². The predicted octanol–water partition coefficient (Wildman–Crippen LogP) is 3.55. The minimum Gasteiger partial charge on any atom is -0.467 e. The zero-order valence-electron chi connectivity index (χ0n) is 17.8. The van der Waals surface area contributed by atoms with E-state index in [2.05, 4.69) is 10.1 Å². The van der Waals surface area contributed by atoms with Crippen molar-refractivity contribution in [1.82, 2.24) is 19.7 Å². The van der Waals surface area contributed by atoms with E-state index in [0.29, 0.717) is 32.0 Å². The van der Waals surface area contributed by atoms with Gasteiger partial charge in [-0.1, -0.05) is 19.1 Å². The highest BCUT2D eigenvalue weighted by Crippen LogP contribution is 2.38. The number of benzene rings is 1. The maximum absolute atomic E-state index is 13.9. The molecule has 0 N–H and O–H groups in total. The van der Waals surface area contributed by atoms with Crippen LogP contribution in [0.3, 0.4) is 0 Å². The lowest BCUT2D eigenvalue weighted by atomic mass is 10.1. The molecular formula is C22H23F3N4O3. The van der Waals surface area contributed by atoms with Crippen LogP contribution in [-0.4, -0.2) is 58.5 Å². The fourth-order valence-corrected chi connectivity index (χ4v) is 3.66. The summed E-state index contributed by atoms with van der Waals surface area (Å²) in [5.41, 5.74) is 1.01. The first-order valence-corrected chi connectivity index (χ1v) is 10.3. The Balaban J connectivity index is 1.72. The molecule has 0 atom stereocenters. The van der Waals surface area contributed by atoms with E-state index in [9.17, 15) is 18.0 Å². The van der Waals surface area contributed by atoms with Crippen LogP contribution in [0.2, 0.25) is 0 Å². The highest BCUT2D eigenvalue weighted by Gasteiger charge is 2.36. The molecule has 1 aromatic carbocycles. The monoisotopic (exact) mass is 448 g/mol. The standard InChI is InChI=1S/C22H23F3N4O3/c1-3-15-4-6-16(7-5-15)29-21-20(14(2)27-29)17(22(23,24)25)12-18(26-21)32-13-19(30)28-8-10-31-11-9-28/h4-7,12H,3,8-11,13H2,1-2H3.